The number of hydrogen-bond acceptors (Lipinski definition) is 3. The second-order valence-corrected chi connectivity index (χ2v) is 5.70. The van der Waals surface area contributed by atoms with Crippen LogP contribution in [0.25, 0.3) is 0 Å². The lowest BCUT2D eigenvalue weighted by molar-refractivity contribution is -0.135. The molecule has 4 heteroatoms. The number of nitrogens with zero attached hydrogens (tertiary/aromatic N) is 1. The Morgan fingerprint density at radius 1 is 1.50 bits per heavy atom. The summed E-state index contributed by atoms with van der Waals surface area (Å²) in [6.07, 6.45) is 4.49. The van der Waals surface area contributed by atoms with E-state index in [1.807, 2.05) is 28.8 Å². The number of carbonyl (C=O) groups excluding carboxylic acids is 1. The molecular weight excluding hydrogens is 222 g/mol. The van der Waals surface area contributed by atoms with Gasteiger partial charge in [-0.15, -0.1) is 11.8 Å². The first kappa shape index (κ1) is 10.3. The molecule has 0 radical (unpaired) electrons. The molecule has 0 aliphatic carbocycles. The van der Waals surface area contributed by atoms with Crippen molar-refractivity contribution in [2.45, 2.75) is 30.6 Å². The van der Waals surface area contributed by atoms with Crippen molar-refractivity contribution in [1.29, 1.82) is 0 Å². The van der Waals surface area contributed by atoms with Crippen molar-refractivity contribution >= 4 is 17.7 Å². The van der Waals surface area contributed by atoms with Crippen LogP contribution in [0.5, 0.6) is 0 Å². The lowest BCUT2D eigenvalue weighted by Gasteiger charge is -2.41. The van der Waals surface area contributed by atoms with Crippen LogP contribution in [0.2, 0.25) is 0 Å². The van der Waals surface area contributed by atoms with E-state index in [0.29, 0.717) is 17.7 Å². The summed E-state index contributed by atoms with van der Waals surface area (Å²) in [6.45, 7) is 0.946. The zero-order chi connectivity index (χ0) is 11.0. The van der Waals surface area contributed by atoms with E-state index >= 15 is 0 Å². The Morgan fingerprint density at radius 2 is 2.44 bits per heavy atom. The number of rotatable bonds is 1. The molecule has 2 aliphatic rings. The van der Waals surface area contributed by atoms with Crippen LogP contribution in [0, 0.1) is 0 Å². The molecule has 3 rings (SSSR count). The molecule has 86 valence electrons. The maximum absolute atomic E-state index is 12.0. The minimum Gasteiger partial charge on any atom is -0.469 e. The molecule has 0 spiro atoms. The van der Waals surface area contributed by atoms with Crippen molar-refractivity contribution < 1.29 is 9.21 Å². The summed E-state index contributed by atoms with van der Waals surface area (Å²) < 4.78 is 5.42. The highest BCUT2D eigenvalue weighted by atomic mass is 32.2. The summed E-state index contributed by atoms with van der Waals surface area (Å²) in [5.74, 6) is 2.73. The van der Waals surface area contributed by atoms with Crippen LogP contribution < -0.4 is 0 Å². The predicted molar refractivity (Wildman–Crippen MR) is 63.3 cm³/mol. The highest BCUT2D eigenvalue weighted by Gasteiger charge is 2.37. The van der Waals surface area contributed by atoms with Crippen LogP contribution in [0.3, 0.4) is 0 Å². The molecule has 0 bridgehead atoms. The molecule has 0 unspecified atom stereocenters. The van der Waals surface area contributed by atoms with Crippen molar-refractivity contribution in [3.8, 4) is 0 Å². The van der Waals surface area contributed by atoms with Gasteiger partial charge in [0.1, 0.15) is 5.76 Å². The maximum Gasteiger partial charge on any atom is 0.224 e. The average Bonchev–Trinajstić information content (AvgIpc) is 2.82. The van der Waals surface area contributed by atoms with Gasteiger partial charge in [0.15, 0.2) is 0 Å². The lowest BCUT2D eigenvalue weighted by atomic mass is 9.93. The number of piperidine rings is 1. The number of fused-ring (bicyclic) bond motifs is 1. The fourth-order valence-corrected chi connectivity index (χ4v) is 3.90. The van der Waals surface area contributed by atoms with Gasteiger partial charge in [0, 0.05) is 18.9 Å². The van der Waals surface area contributed by atoms with Crippen molar-refractivity contribution in [3.05, 3.63) is 24.2 Å². The van der Waals surface area contributed by atoms with Crippen LogP contribution in [0.4, 0.5) is 0 Å². The quantitative estimate of drug-likeness (QED) is 0.752. The maximum atomic E-state index is 12.0. The molecule has 3 heterocycles. The number of carbonyl (C=O) groups is 1. The second-order valence-electron chi connectivity index (χ2n) is 4.42. The molecule has 1 aromatic heterocycles. The molecule has 1 aromatic rings. The third-order valence-electron chi connectivity index (χ3n) is 3.37. The van der Waals surface area contributed by atoms with E-state index in [0.717, 1.165) is 25.1 Å². The van der Waals surface area contributed by atoms with Crippen molar-refractivity contribution in [2.24, 2.45) is 0 Å². The zero-order valence-electron chi connectivity index (χ0n) is 9.09. The van der Waals surface area contributed by atoms with E-state index in [1.165, 1.54) is 5.75 Å². The predicted octanol–water partition coefficient (Wildman–Crippen LogP) is 2.45. The van der Waals surface area contributed by atoms with Crippen molar-refractivity contribution in [3.63, 3.8) is 0 Å². The van der Waals surface area contributed by atoms with Gasteiger partial charge in [0.05, 0.1) is 11.6 Å². The van der Waals surface area contributed by atoms with E-state index in [2.05, 4.69) is 0 Å². The first-order valence-corrected chi connectivity index (χ1v) is 6.84. The van der Waals surface area contributed by atoms with Crippen LogP contribution >= 0.6 is 11.8 Å². The number of hydrogen-bond donors (Lipinski definition) is 0. The summed E-state index contributed by atoms with van der Waals surface area (Å²) >= 11 is 1.92. The van der Waals surface area contributed by atoms with Gasteiger partial charge in [-0.1, -0.05) is 0 Å². The molecule has 2 fully saturated rings. The fourth-order valence-electron chi connectivity index (χ4n) is 2.56. The Balaban J connectivity index is 1.78. The summed E-state index contributed by atoms with van der Waals surface area (Å²) in [5, 5.41) is 0.380. The van der Waals surface area contributed by atoms with E-state index in [-0.39, 0.29) is 5.92 Å². The Hall–Kier alpha value is -0.900. The van der Waals surface area contributed by atoms with Crippen LogP contribution in [-0.2, 0) is 4.79 Å². The van der Waals surface area contributed by atoms with Gasteiger partial charge in [-0.05, 0) is 30.7 Å². The fraction of sp³-hybridized carbons (Fsp3) is 0.583. The molecule has 0 N–H and O–H groups in total. The molecule has 3 nitrogen and oxygen atoms in total. The van der Waals surface area contributed by atoms with Gasteiger partial charge < -0.3 is 9.32 Å². The standard InChI is InChI=1S/C12H15NO2S/c14-11-7-9(10-3-1-5-15-10)8-12-13(11)4-2-6-16-12/h1,3,5,9,12H,2,4,6-8H2/t9-,12-/m1/s1. The summed E-state index contributed by atoms with van der Waals surface area (Å²) in [7, 11) is 0. The molecule has 2 aliphatic heterocycles. The van der Waals surface area contributed by atoms with E-state index in [4.69, 9.17) is 4.42 Å². The largest absolute Gasteiger partial charge is 0.469 e. The lowest BCUT2D eigenvalue weighted by Crippen LogP contribution is -2.47. The van der Waals surface area contributed by atoms with Crippen molar-refractivity contribution in [1.82, 2.24) is 4.90 Å². The molecular formula is C12H15NO2S. The van der Waals surface area contributed by atoms with Gasteiger partial charge in [-0.2, -0.15) is 0 Å². The van der Waals surface area contributed by atoms with E-state index in [1.54, 1.807) is 6.26 Å². The van der Waals surface area contributed by atoms with Gasteiger partial charge in [0.25, 0.3) is 0 Å². The van der Waals surface area contributed by atoms with Crippen LogP contribution in [0.15, 0.2) is 22.8 Å². The molecule has 2 atom stereocenters. The minimum absolute atomic E-state index is 0.286. The molecule has 0 saturated carbocycles. The smallest absolute Gasteiger partial charge is 0.224 e. The van der Waals surface area contributed by atoms with Gasteiger partial charge in [0.2, 0.25) is 5.91 Å². The normalized spacial score (nSPS) is 30.2. The van der Waals surface area contributed by atoms with Crippen molar-refractivity contribution in [2.75, 3.05) is 12.3 Å². The van der Waals surface area contributed by atoms with E-state index < -0.39 is 0 Å². The Kier molecular flexibility index (Phi) is 2.67. The Bertz CT molecular complexity index is 376. The van der Waals surface area contributed by atoms with Crippen LogP contribution in [-0.4, -0.2) is 28.5 Å². The monoisotopic (exact) mass is 237 g/mol. The molecule has 1 amide bonds. The Morgan fingerprint density at radius 3 is 3.25 bits per heavy atom. The number of amides is 1. The molecule has 0 aromatic carbocycles. The summed E-state index contributed by atoms with van der Waals surface area (Å²) in [4.78, 5) is 14.1. The first-order chi connectivity index (χ1) is 7.84. The zero-order valence-corrected chi connectivity index (χ0v) is 9.91. The third-order valence-corrected chi connectivity index (χ3v) is 4.73. The van der Waals surface area contributed by atoms with E-state index in [9.17, 15) is 4.79 Å². The number of thioether (sulfide) groups is 1. The summed E-state index contributed by atoms with van der Waals surface area (Å²) in [5.41, 5.74) is 0. The summed E-state index contributed by atoms with van der Waals surface area (Å²) in [6, 6.07) is 3.89. The second kappa shape index (κ2) is 4.17. The Labute approximate surface area is 99.2 Å². The highest BCUT2D eigenvalue weighted by molar-refractivity contribution is 7.99. The highest BCUT2D eigenvalue weighted by Crippen LogP contribution is 2.39. The van der Waals surface area contributed by atoms with Gasteiger partial charge in [-0.25, -0.2) is 0 Å². The molecule has 2 saturated heterocycles. The topological polar surface area (TPSA) is 33.5 Å². The van der Waals surface area contributed by atoms with Gasteiger partial charge in [-0.3, -0.25) is 4.79 Å². The average molecular weight is 237 g/mol. The van der Waals surface area contributed by atoms with Gasteiger partial charge >= 0.3 is 0 Å². The SMILES string of the molecule is O=C1C[C@@H](c2ccco2)C[C@H]2SCCCN12. The van der Waals surface area contributed by atoms with Crippen LogP contribution in [0.1, 0.15) is 30.9 Å². The third kappa shape index (κ3) is 1.75. The number of furan rings is 1. The minimum atomic E-state index is 0.286. The molecule has 16 heavy (non-hydrogen) atoms. The first-order valence-electron chi connectivity index (χ1n) is 5.79.